The zero-order valence-electron chi connectivity index (χ0n) is 13.9. The maximum atomic E-state index is 12.6. The molecule has 0 bridgehead atoms. The Hall–Kier alpha value is -2.24. The van der Waals surface area contributed by atoms with E-state index in [0.29, 0.717) is 33.6 Å². The van der Waals surface area contributed by atoms with E-state index in [0.717, 1.165) is 0 Å². The van der Waals surface area contributed by atoms with Crippen molar-refractivity contribution in [1.82, 2.24) is 4.90 Å². The van der Waals surface area contributed by atoms with Gasteiger partial charge in [0.1, 0.15) is 12.3 Å². The maximum Gasteiger partial charge on any atom is 0.254 e. The predicted octanol–water partition coefficient (Wildman–Crippen LogP) is 4.10. The molecule has 7 heteroatoms. The Morgan fingerprint density at radius 3 is 2.36 bits per heavy atom. The van der Waals surface area contributed by atoms with Gasteiger partial charge in [0, 0.05) is 12.1 Å². The number of likely N-dealkylation sites (N-methyl/N-ethyl adjacent to an activating group) is 1. The monoisotopic (exact) mass is 380 g/mol. The van der Waals surface area contributed by atoms with Crippen molar-refractivity contribution in [3.05, 3.63) is 58.1 Å². The number of ether oxygens (including phenoxy) is 1. The van der Waals surface area contributed by atoms with Crippen molar-refractivity contribution in [2.45, 2.75) is 6.92 Å². The average molecular weight is 381 g/mol. The van der Waals surface area contributed by atoms with Crippen molar-refractivity contribution < 1.29 is 14.3 Å². The highest BCUT2D eigenvalue weighted by molar-refractivity contribution is 6.39. The van der Waals surface area contributed by atoms with Crippen molar-refractivity contribution in [2.24, 2.45) is 0 Å². The quantitative estimate of drug-likeness (QED) is 0.820. The van der Waals surface area contributed by atoms with Gasteiger partial charge in [-0.1, -0.05) is 35.3 Å². The summed E-state index contributed by atoms with van der Waals surface area (Å²) in [6, 6.07) is 11.7. The van der Waals surface area contributed by atoms with Crippen LogP contribution in [0, 0.1) is 0 Å². The summed E-state index contributed by atoms with van der Waals surface area (Å²) in [5.74, 6) is -0.0656. The molecule has 2 aromatic rings. The Bertz CT molecular complexity index is 760. The molecule has 0 saturated carbocycles. The van der Waals surface area contributed by atoms with Crippen LogP contribution in [0.15, 0.2) is 42.5 Å². The number of benzene rings is 2. The van der Waals surface area contributed by atoms with E-state index in [1.807, 2.05) is 0 Å². The van der Waals surface area contributed by atoms with E-state index in [2.05, 4.69) is 5.32 Å². The Labute approximate surface area is 156 Å². The van der Waals surface area contributed by atoms with Gasteiger partial charge in [-0.25, -0.2) is 0 Å². The highest BCUT2D eigenvalue weighted by Crippen LogP contribution is 2.29. The Morgan fingerprint density at radius 2 is 1.76 bits per heavy atom. The molecule has 2 amide bonds. The minimum absolute atomic E-state index is 0.117. The first-order valence-electron chi connectivity index (χ1n) is 7.63. The van der Waals surface area contributed by atoms with Crippen LogP contribution in [-0.2, 0) is 4.79 Å². The zero-order valence-corrected chi connectivity index (χ0v) is 15.4. The SMILES string of the molecule is CCN(CC(=O)Nc1c(Cl)cccc1Cl)C(=O)c1cccc(OC)c1. The molecule has 0 aliphatic carbocycles. The minimum Gasteiger partial charge on any atom is -0.497 e. The number of amides is 2. The molecule has 0 radical (unpaired) electrons. The fourth-order valence-corrected chi connectivity index (χ4v) is 2.73. The van der Waals surface area contributed by atoms with E-state index in [-0.39, 0.29) is 18.4 Å². The number of para-hydroxylation sites is 1. The second-order valence-electron chi connectivity index (χ2n) is 5.20. The summed E-state index contributed by atoms with van der Waals surface area (Å²) in [4.78, 5) is 26.3. The van der Waals surface area contributed by atoms with Crippen LogP contribution in [0.5, 0.6) is 5.75 Å². The van der Waals surface area contributed by atoms with E-state index in [1.54, 1.807) is 49.4 Å². The molecule has 2 aromatic carbocycles. The second-order valence-corrected chi connectivity index (χ2v) is 6.01. The molecule has 1 N–H and O–H groups in total. The summed E-state index contributed by atoms with van der Waals surface area (Å²) in [6.07, 6.45) is 0. The minimum atomic E-state index is -0.381. The molecule has 0 aliphatic heterocycles. The van der Waals surface area contributed by atoms with Gasteiger partial charge in [-0.2, -0.15) is 0 Å². The van der Waals surface area contributed by atoms with Crippen LogP contribution in [0.4, 0.5) is 5.69 Å². The first kappa shape index (κ1) is 19.1. The fourth-order valence-electron chi connectivity index (χ4n) is 2.24. The highest BCUT2D eigenvalue weighted by atomic mass is 35.5. The van der Waals surface area contributed by atoms with Crippen LogP contribution in [-0.4, -0.2) is 36.9 Å². The summed E-state index contributed by atoms with van der Waals surface area (Å²) in [5, 5.41) is 3.32. The molecular formula is C18H18Cl2N2O3. The van der Waals surface area contributed by atoms with Crippen molar-refractivity contribution >= 4 is 40.7 Å². The number of nitrogens with one attached hydrogen (secondary N) is 1. The summed E-state index contributed by atoms with van der Waals surface area (Å²) >= 11 is 12.1. The number of rotatable bonds is 6. The Kier molecular flexibility index (Phi) is 6.67. The first-order valence-corrected chi connectivity index (χ1v) is 8.39. The third-order valence-corrected chi connectivity index (χ3v) is 4.18. The lowest BCUT2D eigenvalue weighted by Crippen LogP contribution is -2.37. The van der Waals surface area contributed by atoms with Crippen molar-refractivity contribution in [1.29, 1.82) is 0 Å². The number of anilines is 1. The smallest absolute Gasteiger partial charge is 0.254 e. The lowest BCUT2D eigenvalue weighted by molar-refractivity contribution is -0.116. The lowest BCUT2D eigenvalue weighted by Gasteiger charge is -2.21. The largest absolute Gasteiger partial charge is 0.497 e. The molecule has 0 aromatic heterocycles. The highest BCUT2D eigenvalue weighted by Gasteiger charge is 2.19. The summed E-state index contributed by atoms with van der Waals surface area (Å²) in [5.41, 5.74) is 0.783. The first-order chi connectivity index (χ1) is 12.0. The van der Waals surface area contributed by atoms with Gasteiger partial charge in [0.05, 0.1) is 22.8 Å². The third-order valence-electron chi connectivity index (χ3n) is 3.55. The molecule has 2 rings (SSSR count). The molecule has 132 valence electrons. The lowest BCUT2D eigenvalue weighted by atomic mass is 10.2. The topological polar surface area (TPSA) is 58.6 Å². The van der Waals surface area contributed by atoms with Crippen molar-refractivity contribution in [2.75, 3.05) is 25.5 Å². The van der Waals surface area contributed by atoms with Crippen LogP contribution in [0.2, 0.25) is 10.0 Å². The van der Waals surface area contributed by atoms with E-state index in [1.165, 1.54) is 12.0 Å². The third kappa shape index (κ3) is 4.87. The van der Waals surface area contributed by atoms with Gasteiger partial charge >= 0.3 is 0 Å². The number of halogens is 2. The van der Waals surface area contributed by atoms with Gasteiger partial charge in [-0.05, 0) is 37.3 Å². The molecule has 0 heterocycles. The molecule has 0 saturated heterocycles. The number of carbonyl (C=O) groups excluding carboxylic acids is 2. The molecule has 25 heavy (non-hydrogen) atoms. The number of carbonyl (C=O) groups is 2. The van der Waals surface area contributed by atoms with E-state index >= 15 is 0 Å². The standard InChI is InChI=1S/C18H18Cl2N2O3/c1-3-22(18(24)12-6-4-7-13(10-12)25-2)11-16(23)21-17-14(19)8-5-9-15(17)20/h4-10H,3,11H2,1-2H3,(H,21,23). The fraction of sp³-hybridized carbons (Fsp3) is 0.222. The second kappa shape index (κ2) is 8.74. The van der Waals surface area contributed by atoms with Gasteiger partial charge in [0.15, 0.2) is 0 Å². The summed E-state index contributed by atoms with van der Waals surface area (Å²) in [6.45, 7) is 2.06. The molecule has 0 atom stereocenters. The van der Waals surface area contributed by atoms with Crippen LogP contribution in [0.25, 0.3) is 0 Å². The molecule has 0 aliphatic rings. The predicted molar refractivity (Wildman–Crippen MR) is 99.7 cm³/mol. The van der Waals surface area contributed by atoms with Gasteiger partial charge in [0.2, 0.25) is 5.91 Å². The summed E-state index contributed by atoms with van der Waals surface area (Å²) < 4.78 is 5.13. The maximum absolute atomic E-state index is 12.6. The summed E-state index contributed by atoms with van der Waals surface area (Å²) in [7, 11) is 1.53. The number of nitrogens with zero attached hydrogens (tertiary/aromatic N) is 1. The Morgan fingerprint density at radius 1 is 1.12 bits per heavy atom. The van der Waals surface area contributed by atoms with Gasteiger partial charge in [0.25, 0.3) is 5.91 Å². The Balaban J connectivity index is 2.10. The zero-order chi connectivity index (χ0) is 18.4. The molecular weight excluding hydrogens is 363 g/mol. The number of methoxy groups -OCH3 is 1. The van der Waals surface area contributed by atoms with Gasteiger partial charge in [-0.3, -0.25) is 9.59 Å². The molecule has 0 fully saturated rings. The van der Waals surface area contributed by atoms with Crippen LogP contribution in [0.3, 0.4) is 0 Å². The molecule has 5 nitrogen and oxygen atoms in total. The van der Waals surface area contributed by atoms with Crippen molar-refractivity contribution in [3.8, 4) is 5.75 Å². The average Bonchev–Trinajstić information content (AvgIpc) is 2.62. The van der Waals surface area contributed by atoms with E-state index in [9.17, 15) is 9.59 Å². The number of hydrogen-bond donors (Lipinski definition) is 1. The van der Waals surface area contributed by atoms with E-state index in [4.69, 9.17) is 27.9 Å². The normalized spacial score (nSPS) is 10.2. The van der Waals surface area contributed by atoms with Crippen molar-refractivity contribution in [3.63, 3.8) is 0 Å². The number of hydrogen-bond acceptors (Lipinski definition) is 3. The van der Waals surface area contributed by atoms with Gasteiger partial charge in [-0.15, -0.1) is 0 Å². The molecule has 0 unspecified atom stereocenters. The van der Waals surface area contributed by atoms with Crippen LogP contribution >= 0.6 is 23.2 Å². The van der Waals surface area contributed by atoms with Crippen LogP contribution in [0.1, 0.15) is 17.3 Å². The molecule has 0 spiro atoms. The van der Waals surface area contributed by atoms with Crippen LogP contribution < -0.4 is 10.1 Å². The van der Waals surface area contributed by atoms with E-state index < -0.39 is 0 Å². The van der Waals surface area contributed by atoms with Gasteiger partial charge < -0.3 is 15.0 Å².